The van der Waals surface area contributed by atoms with Crippen LogP contribution in [0.15, 0.2) is 65.2 Å². The summed E-state index contributed by atoms with van der Waals surface area (Å²) in [5.74, 6) is 0.218. The lowest BCUT2D eigenvalue weighted by molar-refractivity contribution is -0.143. The lowest BCUT2D eigenvalue weighted by Crippen LogP contribution is -2.35. The van der Waals surface area contributed by atoms with Crippen molar-refractivity contribution >= 4 is 29.3 Å². The third kappa shape index (κ3) is 4.58. The van der Waals surface area contributed by atoms with Gasteiger partial charge < -0.3 is 24.1 Å². The number of carbonyl (C=O) groups excluding carboxylic acids is 2. The van der Waals surface area contributed by atoms with Gasteiger partial charge >= 0.3 is 11.9 Å². The average molecular weight is 466 g/mol. The Morgan fingerprint density at radius 3 is 2.67 bits per heavy atom. The molecule has 1 fully saturated rings. The maximum atomic E-state index is 12.3. The highest BCUT2D eigenvalue weighted by Gasteiger charge is 2.42. The SMILES string of the molecule is CCOC(=O)CN1C(=S)N[C@H](c2ccccn2)[C@H]1c1ccc(-c2ccccc2C(=O)OC)o1. The maximum absolute atomic E-state index is 12.3. The van der Waals surface area contributed by atoms with Gasteiger partial charge in [-0.1, -0.05) is 24.3 Å². The number of esters is 2. The van der Waals surface area contributed by atoms with Gasteiger partial charge in [-0.15, -0.1) is 0 Å². The first-order valence-corrected chi connectivity index (χ1v) is 10.9. The van der Waals surface area contributed by atoms with Gasteiger partial charge in [0.1, 0.15) is 24.1 Å². The Hall–Kier alpha value is -3.72. The van der Waals surface area contributed by atoms with Gasteiger partial charge in [-0.3, -0.25) is 9.78 Å². The number of rotatable bonds is 7. The summed E-state index contributed by atoms with van der Waals surface area (Å²) in [5, 5.41) is 3.66. The second-order valence-electron chi connectivity index (χ2n) is 7.30. The molecule has 1 aliphatic rings. The molecule has 4 rings (SSSR count). The number of methoxy groups -OCH3 is 1. The fourth-order valence-electron chi connectivity index (χ4n) is 3.87. The predicted octanol–water partition coefficient (Wildman–Crippen LogP) is 3.66. The molecular formula is C24H23N3O5S. The predicted molar refractivity (Wildman–Crippen MR) is 124 cm³/mol. The highest BCUT2D eigenvalue weighted by atomic mass is 32.1. The van der Waals surface area contributed by atoms with Crippen LogP contribution in [-0.2, 0) is 14.3 Å². The Morgan fingerprint density at radius 1 is 1.15 bits per heavy atom. The summed E-state index contributed by atoms with van der Waals surface area (Å²) >= 11 is 5.54. The van der Waals surface area contributed by atoms with E-state index in [0.29, 0.717) is 27.8 Å². The second kappa shape index (κ2) is 9.83. The number of aromatic nitrogens is 1. The van der Waals surface area contributed by atoms with Crippen LogP contribution in [0.3, 0.4) is 0 Å². The maximum Gasteiger partial charge on any atom is 0.338 e. The number of hydrogen-bond donors (Lipinski definition) is 1. The molecule has 8 nitrogen and oxygen atoms in total. The summed E-state index contributed by atoms with van der Waals surface area (Å²) in [5.41, 5.74) is 1.75. The largest absolute Gasteiger partial charge is 0.465 e. The van der Waals surface area contributed by atoms with Crippen LogP contribution in [0.4, 0.5) is 0 Å². The van der Waals surface area contributed by atoms with E-state index in [1.165, 1.54) is 7.11 Å². The van der Waals surface area contributed by atoms with E-state index in [9.17, 15) is 9.59 Å². The lowest BCUT2D eigenvalue weighted by Gasteiger charge is -2.25. The molecule has 0 spiro atoms. The molecule has 1 aliphatic heterocycles. The molecule has 0 aliphatic carbocycles. The van der Waals surface area contributed by atoms with E-state index in [1.807, 2.05) is 30.3 Å². The average Bonchev–Trinajstić information content (AvgIpc) is 3.44. The first kappa shape index (κ1) is 22.5. The van der Waals surface area contributed by atoms with Crippen LogP contribution >= 0.6 is 12.2 Å². The zero-order valence-electron chi connectivity index (χ0n) is 18.2. The van der Waals surface area contributed by atoms with Gasteiger partial charge in [0.2, 0.25) is 0 Å². The van der Waals surface area contributed by atoms with E-state index in [-0.39, 0.29) is 19.2 Å². The van der Waals surface area contributed by atoms with E-state index in [1.54, 1.807) is 42.3 Å². The number of nitrogens with one attached hydrogen (secondary N) is 1. The van der Waals surface area contributed by atoms with Gasteiger partial charge in [0, 0.05) is 11.8 Å². The van der Waals surface area contributed by atoms with Crippen molar-refractivity contribution in [3.05, 3.63) is 77.8 Å². The molecule has 0 radical (unpaired) electrons. The van der Waals surface area contributed by atoms with Crippen molar-refractivity contribution in [1.29, 1.82) is 0 Å². The Labute approximate surface area is 196 Å². The zero-order chi connectivity index (χ0) is 23.4. The molecule has 33 heavy (non-hydrogen) atoms. The summed E-state index contributed by atoms with van der Waals surface area (Å²) in [4.78, 5) is 30.7. The second-order valence-corrected chi connectivity index (χ2v) is 7.69. The molecule has 2 aromatic heterocycles. The normalized spacial score (nSPS) is 17.5. The van der Waals surface area contributed by atoms with Gasteiger partial charge in [0.05, 0.1) is 31.0 Å². The molecule has 2 atom stereocenters. The van der Waals surface area contributed by atoms with Crippen molar-refractivity contribution in [3.8, 4) is 11.3 Å². The number of furan rings is 1. The quantitative estimate of drug-likeness (QED) is 0.414. The lowest BCUT2D eigenvalue weighted by atomic mass is 10.0. The number of thiocarbonyl (C=S) groups is 1. The highest BCUT2D eigenvalue weighted by molar-refractivity contribution is 7.80. The topological polar surface area (TPSA) is 93.9 Å². The smallest absolute Gasteiger partial charge is 0.338 e. The highest BCUT2D eigenvalue weighted by Crippen LogP contribution is 2.40. The van der Waals surface area contributed by atoms with E-state index >= 15 is 0 Å². The molecule has 0 unspecified atom stereocenters. The van der Waals surface area contributed by atoms with Crippen LogP contribution in [0.5, 0.6) is 0 Å². The Bertz CT molecular complexity index is 1160. The van der Waals surface area contributed by atoms with Crippen molar-refractivity contribution in [1.82, 2.24) is 15.2 Å². The minimum absolute atomic E-state index is 0.0392. The molecule has 170 valence electrons. The van der Waals surface area contributed by atoms with E-state index < -0.39 is 18.0 Å². The number of pyridine rings is 1. The third-order valence-corrected chi connectivity index (χ3v) is 5.67. The van der Waals surface area contributed by atoms with Crippen LogP contribution in [0.2, 0.25) is 0 Å². The summed E-state index contributed by atoms with van der Waals surface area (Å²) in [7, 11) is 1.34. The van der Waals surface area contributed by atoms with Crippen LogP contribution < -0.4 is 5.32 Å². The van der Waals surface area contributed by atoms with Crippen LogP contribution in [0.25, 0.3) is 11.3 Å². The van der Waals surface area contributed by atoms with E-state index in [0.717, 1.165) is 5.69 Å². The molecule has 9 heteroatoms. The van der Waals surface area contributed by atoms with Crippen molar-refractivity contribution in [2.24, 2.45) is 0 Å². The molecule has 1 saturated heterocycles. The van der Waals surface area contributed by atoms with E-state index in [2.05, 4.69) is 10.3 Å². The Morgan fingerprint density at radius 2 is 1.94 bits per heavy atom. The molecule has 1 aromatic carbocycles. The van der Waals surface area contributed by atoms with Gasteiger partial charge in [-0.05, 0) is 49.5 Å². The van der Waals surface area contributed by atoms with Crippen LogP contribution in [-0.4, -0.2) is 47.2 Å². The molecule has 0 amide bonds. The Balaban J connectivity index is 1.74. The summed E-state index contributed by atoms with van der Waals surface area (Å²) < 4.78 is 16.3. The molecule has 0 saturated carbocycles. The van der Waals surface area contributed by atoms with Crippen molar-refractivity contribution in [2.45, 2.75) is 19.0 Å². The fourth-order valence-corrected chi connectivity index (χ4v) is 4.18. The van der Waals surface area contributed by atoms with Gasteiger partial charge in [-0.25, -0.2) is 4.79 Å². The fraction of sp³-hybridized carbons (Fsp3) is 0.250. The molecule has 0 bridgehead atoms. The van der Waals surface area contributed by atoms with E-state index in [4.69, 9.17) is 26.1 Å². The summed E-state index contributed by atoms with van der Waals surface area (Å²) in [6.45, 7) is 1.99. The van der Waals surface area contributed by atoms with Gasteiger partial charge in [0.25, 0.3) is 0 Å². The van der Waals surface area contributed by atoms with Gasteiger partial charge in [0.15, 0.2) is 5.11 Å². The molecule has 1 N–H and O–H groups in total. The number of ether oxygens (including phenoxy) is 2. The molecule has 3 heterocycles. The molecular weight excluding hydrogens is 442 g/mol. The van der Waals surface area contributed by atoms with Gasteiger partial charge in [-0.2, -0.15) is 0 Å². The summed E-state index contributed by atoms with van der Waals surface area (Å²) in [6, 6.07) is 15.5. The van der Waals surface area contributed by atoms with Crippen molar-refractivity contribution in [2.75, 3.05) is 20.3 Å². The zero-order valence-corrected chi connectivity index (χ0v) is 19.0. The molecule has 3 aromatic rings. The minimum Gasteiger partial charge on any atom is -0.465 e. The number of nitrogens with zero attached hydrogens (tertiary/aromatic N) is 2. The number of hydrogen-bond acceptors (Lipinski definition) is 7. The summed E-state index contributed by atoms with van der Waals surface area (Å²) in [6.07, 6.45) is 1.70. The van der Waals surface area contributed by atoms with Crippen molar-refractivity contribution < 1.29 is 23.5 Å². The standard InChI is InChI=1S/C24H23N3O5S/c1-3-31-20(28)14-27-22(21(26-24(27)33)17-10-6-7-13-25-17)19-12-11-18(32-19)15-8-4-5-9-16(15)23(29)30-2/h4-13,21-22H,3,14H2,1-2H3,(H,26,33)/t21-,22-/m1/s1. The first-order chi connectivity index (χ1) is 16.0. The monoisotopic (exact) mass is 465 g/mol. The van der Waals surface area contributed by atoms with Crippen LogP contribution in [0, 0.1) is 0 Å². The minimum atomic E-state index is -0.456. The first-order valence-electron chi connectivity index (χ1n) is 10.4. The number of benzene rings is 1. The van der Waals surface area contributed by atoms with Crippen molar-refractivity contribution in [3.63, 3.8) is 0 Å². The number of carbonyl (C=O) groups is 2. The third-order valence-electron chi connectivity index (χ3n) is 5.32. The van der Waals surface area contributed by atoms with Crippen LogP contribution in [0.1, 0.15) is 40.8 Å². The Kier molecular flexibility index (Phi) is 6.69.